The maximum Gasteiger partial charge on any atom is 0.262 e. The highest BCUT2D eigenvalue weighted by Gasteiger charge is 2.23. The lowest BCUT2D eigenvalue weighted by Crippen LogP contribution is -2.33. The van der Waals surface area contributed by atoms with E-state index in [-0.39, 0.29) is 0 Å². The van der Waals surface area contributed by atoms with Gasteiger partial charge in [0.15, 0.2) is 0 Å². The number of para-hydroxylation sites is 2. The Morgan fingerprint density at radius 3 is 2.75 bits per heavy atom. The third-order valence-corrected chi connectivity index (χ3v) is 8.31. The summed E-state index contributed by atoms with van der Waals surface area (Å²) in [5.74, 6) is 0. The molecule has 1 aliphatic heterocycles. The molecule has 0 radical (unpaired) electrons. The van der Waals surface area contributed by atoms with Gasteiger partial charge in [-0.2, -0.15) is 4.57 Å². The molecule has 0 atom stereocenters. The molecule has 0 N–H and O–H groups in total. The number of allylic oxidation sites excluding steroid dienone is 6. The number of fused-ring (bicyclic) bond motifs is 2. The first-order chi connectivity index (χ1) is 15.8. The quantitative estimate of drug-likeness (QED) is 0.362. The predicted molar refractivity (Wildman–Crippen MR) is 140 cm³/mol. The number of hydrogen-bond acceptors (Lipinski definition) is 3. The third kappa shape index (κ3) is 4.22. The molecule has 32 heavy (non-hydrogen) atoms. The summed E-state index contributed by atoms with van der Waals surface area (Å²) in [7, 11) is 0. The number of aromatic nitrogens is 1. The minimum absolute atomic E-state index is 0.992. The van der Waals surface area contributed by atoms with Gasteiger partial charge in [-0.25, -0.2) is 0 Å². The van der Waals surface area contributed by atoms with Crippen molar-refractivity contribution in [1.82, 2.24) is 0 Å². The Morgan fingerprint density at radius 2 is 1.88 bits per heavy atom. The molecule has 0 fully saturated rings. The Morgan fingerprint density at radius 1 is 1.03 bits per heavy atom. The van der Waals surface area contributed by atoms with Crippen molar-refractivity contribution < 1.29 is 4.57 Å². The molecule has 4 heteroatoms. The van der Waals surface area contributed by atoms with Gasteiger partial charge in [0.25, 0.3) is 5.01 Å². The molecule has 2 heterocycles. The van der Waals surface area contributed by atoms with E-state index in [9.17, 15) is 0 Å². The Hall–Kier alpha value is -2.56. The second kappa shape index (κ2) is 9.51. The van der Waals surface area contributed by atoms with Gasteiger partial charge in [0.05, 0.1) is 10.7 Å². The van der Waals surface area contributed by atoms with Crippen molar-refractivity contribution in [2.45, 2.75) is 44.6 Å². The Labute approximate surface area is 199 Å². The van der Waals surface area contributed by atoms with Gasteiger partial charge < -0.3 is 4.90 Å². The SMILES string of the molecule is CCN1C(=CC2=C/C(=C/C=C/c3sc4ccccc4[n+]3CC)CCC2)Sc2ccccc21. The molecule has 5 rings (SSSR count). The number of thiazole rings is 1. The van der Waals surface area contributed by atoms with E-state index in [0.29, 0.717) is 0 Å². The molecule has 0 saturated heterocycles. The van der Waals surface area contributed by atoms with Crippen molar-refractivity contribution in [3.8, 4) is 0 Å². The molecule has 1 aliphatic carbocycles. The van der Waals surface area contributed by atoms with Crippen LogP contribution in [-0.4, -0.2) is 6.54 Å². The van der Waals surface area contributed by atoms with E-state index in [1.165, 1.54) is 48.4 Å². The maximum atomic E-state index is 2.43. The van der Waals surface area contributed by atoms with Crippen LogP contribution in [0.15, 0.2) is 93.9 Å². The lowest BCUT2D eigenvalue weighted by Gasteiger charge is -2.19. The summed E-state index contributed by atoms with van der Waals surface area (Å²) in [6.07, 6.45) is 15.1. The standard InChI is InChI=1S/C28H29N2S2/c1-3-29-23-14-5-7-16-25(23)31-27(29)18-10-12-21-11-9-13-22(19-21)20-28-30(4-2)24-15-6-8-17-26(24)32-28/h5-8,10,12,14-20H,3-4,9,11,13H2,1-2H3/q+1. The monoisotopic (exact) mass is 457 g/mol. The Bertz CT molecular complexity index is 1260. The maximum absolute atomic E-state index is 2.43. The van der Waals surface area contributed by atoms with Crippen LogP contribution in [0, 0.1) is 0 Å². The average Bonchev–Trinajstić information content (AvgIpc) is 3.36. The van der Waals surface area contributed by atoms with E-state index in [4.69, 9.17) is 0 Å². The lowest BCUT2D eigenvalue weighted by atomic mass is 9.95. The van der Waals surface area contributed by atoms with Crippen LogP contribution < -0.4 is 9.47 Å². The fourth-order valence-electron chi connectivity index (χ4n) is 4.53. The zero-order valence-corrected chi connectivity index (χ0v) is 20.4. The minimum atomic E-state index is 0.992. The minimum Gasteiger partial charge on any atom is -0.335 e. The zero-order chi connectivity index (χ0) is 21.9. The summed E-state index contributed by atoms with van der Waals surface area (Å²) >= 11 is 3.76. The molecule has 2 aliphatic rings. The Kier molecular flexibility index (Phi) is 6.33. The van der Waals surface area contributed by atoms with Crippen LogP contribution in [0.1, 0.15) is 38.1 Å². The molecule has 0 spiro atoms. The number of benzene rings is 2. The highest BCUT2D eigenvalue weighted by molar-refractivity contribution is 8.03. The number of rotatable bonds is 5. The van der Waals surface area contributed by atoms with Crippen LogP contribution in [0.4, 0.5) is 5.69 Å². The van der Waals surface area contributed by atoms with Crippen molar-refractivity contribution >= 4 is 45.1 Å². The fourth-order valence-corrected chi connectivity index (χ4v) is 6.87. The molecule has 3 aromatic rings. The molecule has 162 valence electrons. The highest BCUT2D eigenvalue weighted by atomic mass is 32.2. The van der Waals surface area contributed by atoms with Gasteiger partial charge in [0.1, 0.15) is 11.2 Å². The normalized spacial score (nSPS) is 18.8. The van der Waals surface area contributed by atoms with Crippen LogP contribution in [-0.2, 0) is 6.54 Å². The molecule has 0 bridgehead atoms. The van der Waals surface area contributed by atoms with Crippen molar-refractivity contribution in [3.63, 3.8) is 0 Å². The predicted octanol–water partition coefficient (Wildman–Crippen LogP) is 7.73. The number of aryl methyl sites for hydroxylation is 1. The van der Waals surface area contributed by atoms with Gasteiger partial charge in [-0.15, -0.1) is 0 Å². The molecule has 0 saturated carbocycles. The second-order valence-corrected chi connectivity index (χ2v) is 10.2. The number of anilines is 1. The first kappa shape index (κ1) is 21.3. The first-order valence-electron chi connectivity index (χ1n) is 11.5. The van der Waals surface area contributed by atoms with E-state index in [2.05, 4.69) is 102 Å². The van der Waals surface area contributed by atoms with Crippen molar-refractivity contribution in [2.75, 3.05) is 11.4 Å². The van der Waals surface area contributed by atoms with Crippen LogP contribution in [0.25, 0.3) is 16.3 Å². The van der Waals surface area contributed by atoms with Gasteiger partial charge in [0, 0.05) is 23.6 Å². The van der Waals surface area contributed by atoms with Crippen molar-refractivity contribution in [2.24, 2.45) is 0 Å². The van der Waals surface area contributed by atoms with Gasteiger partial charge >= 0.3 is 0 Å². The van der Waals surface area contributed by atoms with Crippen LogP contribution in [0.3, 0.4) is 0 Å². The molecular weight excluding hydrogens is 428 g/mol. The summed E-state index contributed by atoms with van der Waals surface area (Å²) in [5.41, 5.74) is 5.53. The topological polar surface area (TPSA) is 7.12 Å². The molecular formula is C28H29N2S2+. The molecule has 1 aromatic heterocycles. The lowest BCUT2D eigenvalue weighted by molar-refractivity contribution is -0.665. The van der Waals surface area contributed by atoms with Crippen molar-refractivity contribution in [3.05, 3.63) is 94.0 Å². The van der Waals surface area contributed by atoms with E-state index < -0.39 is 0 Å². The third-order valence-electron chi connectivity index (χ3n) is 6.07. The van der Waals surface area contributed by atoms with Gasteiger partial charge in [0.2, 0.25) is 5.52 Å². The largest absolute Gasteiger partial charge is 0.335 e. The smallest absolute Gasteiger partial charge is 0.262 e. The number of hydrogen-bond donors (Lipinski definition) is 0. The van der Waals surface area contributed by atoms with Crippen LogP contribution >= 0.6 is 23.1 Å². The van der Waals surface area contributed by atoms with Gasteiger partial charge in [-0.05, 0) is 68.5 Å². The number of thioether (sulfide) groups is 1. The van der Waals surface area contributed by atoms with E-state index in [1.807, 2.05) is 23.1 Å². The highest BCUT2D eigenvalue weighted by Crippen LogP contribution is 2.46. The van der Waals surface area contributed by atoms with Crippen molar-refractivity contribution in [1.29, 1.82) is 0 Å². The summed E-state index contributed by atoms with van der Waals surface area (Å²) in [6.45, 7) is 6.45. The molecule has 0 unspecified atom stereocenters. The second-order valence-electron chi connectivity index (χ2n) is 8.12. The molecule has 0 amide bonds. The fraction of sp³-hybridized carbons (Fsp3) is 0.250. The van der Waals surface area contributed by atoms with Crippen LogP contribution in [0.2, 0.25) is 0 Å². The van der Waals surface area contributed by atoms with Gasteiger partial charge in [-0.1, -0.05) is 65.6 Å². The average molecular weight is 458 g/mol. The van der Waals surface area contributed by atoms with Crippen LogP contribution in [0.5, 0.6) is 0 Å². The summed E-state index contributed by atoms with van der Waals surface area (Å²) in [6, 6.07) is 17.4. The molecule has 2 nitrogen and oxygen atoms in total. The van der Waals surface area contributed by atoms with E-state index in [1.54, 1.807) is 0 Å². The first-order valence-corrected chi connectivity index (χ1v) is 13.2. The number of nitrogens with zero attached hydrogens (tertiary/aromatic N) is 2. The summed E-state index contributed by atoms with van der Waals surface area (Å²) < 4.78 is 3.75. The summed E-state index contributed by atoms with van der Waals surface area (Å²) in [4.78, 5) is 3.80. The summed E-state index contributed by atoms with van der Waals surface area (Å²) in [5, 5.41) is 2.66. The van der Waals surface area contributed by atoms with E-state index >= 15 is 0 Å². The van der Waals surface area contributed by atoms with Gasteiger partial charge in [-0.3, -0.25) is 0 Å². The van der Waals surface area contributed by atoms with E-state index in [0.717, 1.165) is 25.9 Å². The molecule has 2 aromatic carbocycles. The Balaban J connectivity index is 1.37. The zero-order valence-electron chi connectivity index (χ0n) is 18.8.